The van der Waals surface area contributed by atoms with Gasteiger partial charge in [-0.05, 0) is 50.4 Å². The predicted octanol–water partition coefficient (Wildman–Crippen LogP) is 4.78. The largest absolute Gasteiger partial charge is 0.488 e. The summed E-state index contributed by atoms with van der Waals surface area (Å²) in [6.07, 6.45) is 8.54. The summed E-state index contributed by atoms with van der Waals surface area (Å²) in [5, 5.41) is 0. The third kappa shape index (κ3) is 9.06. The third-order valence-corrected chi connectivity index (χ3v) is 6.37. The number of benzene rings is 1. The summed E-state index contributed by atoms with van der Waals surface area (Å²) in [4.78, 5) is 2.56. The molecule has 0 N–H and O–H groups in total. The minimum atomic E-state index is -1.50. The second-order valence-corrected chi connectivity index (χ2v) is 8.87. The van der Waals surface area contributed by atoms with Crippen LogP contribution in [0.3, 0.4) is 0 Å². The standard InChI is InChI=1S/C22H38NO3Si/c1-6-9-17-23(18-10-7-2)19-16-22(27(24-4)25-5)26-21-15-12-11-14-20(21)13-8-3/h8,11-12,14-15,22H,3,6-7,9-10,13,16-19H2,1-2,4-5H3. The monoisotopic (exact) mass is 392 g/mol. The third-order valence-electron chi connectivity index (χ3n) is 4.63. The molecule has 0 spiro atoms. The number of rotatable bonds is 16. The maximum Gasteiger partial charge on any atom is 0.429 e. The molecule has 0 amide bonds. The highest BCUT2D eigenvalue weighted by molar-refractivity contribution is 6.46. The van der Waals surface area contributed by atoms with E-state index in [1.807, 2.05) is 24.3 Å². The molecule has 0 saturated heterocycles. The van der Waals surface area contributed by atoms with Crippen molar-refractivity contribution >= 4 is 9.28 Å². The van der Waals surface area contributed by atoms with Gasteiger partial charge in [-0.2, -0.15) is 0 Å². The molecular formula is C22H38NO3Si. The summed E-state index contributed by atoms with van der Waals surface area (Å²) in [6.45, 7) is 11.7. The lowest BCUT2D eigenvalue weighted by molar-refractivity contribution is 0.155. The molecule has 0 heterocycles. The Kier molecular flexibility index (Phi) is 13.1. The zero-order valence-corrected chi connectivity index (χ0v) is 18.7. The van der Waals surface area contributed by atoms with Gasteiger partial charge in [-0.15, -0.1) is 6.58 Å². The Labute approximate surface area is 168 Å². The van der Waals surface area contributed by atoms with Gasteiger partial charge in [0.25, 0.3) is 0 Å². The molecule has 1 radical (unpaired) electrons. The number of nitrogens with zero attached hydrogens (tertiary/aromatic N) is 1. The van der Waals surface area contributed by atoms with Crippen molar-refractivity contribution < 1.29 is 13.6 Å². The Bertz CT molecular complexity index is 500. The minimum absolute atomic E-state index is 0.0540. The van der Waals surface area contributed by atoms with Crippen molar-refractivity contribution in [1.29, 1.82) is 0 Å². The molecule has 0 aliphatic rings. The Balaban J connectivity index is 2.82. The summed E-state index contributed by atoms with van der Waals surface area (Å²) in [6, 6.07) is 8.17. The predicted molar refractivity (Wildman–Crippen MR) is 115 cm³/mol. The van der Waals surface area contributed by atoms with Crippen LogP contribution in [0.25, 0.3) is 0 Å². The lowest BCUT2D eigenvalue weighted by Crippen LogP contribution is -2.42. The van der Waals surface area contributed by atoms with E-state index >= 15 is 0 Å². The average molecular weight is 393 g/mol. The summed E-state index contributed by atoms with van der Waals surface area (Å²) < 4.78 is 17.7. The highest BCUT2D eigenvalue weighted by atomic mass is 28.3. The molecule has 153 valence electrons. The molecule has 5 heteroatoms. The van der Waals surface area contributed by atoms with Gasteiger partial charge in [-0.3, -0.25) is 0 Å². The number of hydrogen-bond acceptors (Lipinski definition) is 4. The fourth-order valence-corrected chi connectivity index (χ4v) is 4.35. The summed E-state index contributed by atoms with van der Waals surface area (Å²) in [5.41, 5.74) is 1.10. The molecule has 1 rings (SSSR count). The van der Waals surface area contributed by atoms with E-state index in [1.54, 1.807) is 14.2 Å². The van der Waals surface area contributed by atoms with Crippen LogP contribution in [-0.4, -0.2) is 53.8 Å². The highest BCUT2D eigenvalue weighted by Crippen LogP contribution is 2.22. The minimum Gasteiger partial charge on any atom is -0.488 e. The first kappa shape index (κ1) is 23.9. The molecule has 1 unspecified atom stereocenters. The van der Waals surface area contributed by atoms with Crippen molar-refractivity contribution in [3.8, 4) is 5.75 Å². The molecule has 0 aliphatic carbocycles. The quantitative estimate of drug-likeness (QED) is 0.299. The second kappa shape index (κ2) is 14.9. The van der Waals surface area contributed by atoms with Crippen LogP contribution in [0, 0.1) is 0 Å². The van der Waals surface area contributed by atoms with Gasteiger partial charge < -0.3 is 18.5 Å². The lowest BCUT2D eigenvalue weighted by Gasteiger charge is -2.28. The van der Waals surface area contributed by atoms with Crippen molar-refractivity contribution in [3.63, 3.8) is 0 Å². The number of allylic oxidation sites excluding steroid dienone is 1. The normalized spacial score (nSPS) is 12.5. The van der Waals surface area contributed by atoms with Gasteiger partial charge in [0.15, 0.2) is 0 Å². The van der Waals surface area contributed by atoms with Crippen molar-refractivity contribution in [3.05, 3.63) is 42.5 Å². The van der Waals surface area contributed by atoms with E-state index in [4.69, 9.17) is 13.6 Å². The van der Waals surface area contributed by atoms with Crippen LogP contribution in [0.1, 0.15) is 51.5 Å². The van der Waals surface area contributed by atoms with Gasteiger partial charge in [0.1, 0.15) is 11.5 Å². The van der Waals surface area contributed by atoms with Crippen molar-refractivity contribution in [2.24, 2.45) is 0 Å². The first-order chi connectivity index (χ1) is 13.2. The fraction of sp³-hybridized carbons (Fsp3) is 0.636. The van der Waals surface area contributed by atoms with Crippen molar-refractivity contribution in [2.75, 3.05) is 33.9 Å². The van der Waals surface area contributed by atoms with Crippen LogP contribution in [0.15, 0.2) is 36.9 Å². The van der Waals surface area contributed by atoms with E-state index in [-0.39, 0.29) is 5.73 Å². The topological polar surface area (TPSA) is 30.9 Å². The zero-order chi connectivity index (χ0) is 19.9. The number of unbranched alkanes of at least 4 members (excludes halogenated alkanes) is 2. The van der Waals surface area contributed by atoms with Crippen molar-refractivity contribution in [2.45, 2.75) is 58.1 Å². The Morgan fingerprint density at radius 2 is 1.67 bits per heavy atom. The second-order valence-electron chi connectivity index (χ2n) is 6.77. The number of ether oxygens (including phenoxy) is 1. The molecular weight excluding hydrogens is 354 g/mol. The van der Waals surface area contributed by atoms with Gasteiger partial charge in [-0.25, -0.2) is 0 Å². The van der Waals surface area contributed by atoms with Crippen LogP contribution in [0.5, 0.6) is 5.75 Å². The molecule has 0 saturated carbocycles. The highest BCUT2D eigenvalue weighted by Gasteiger charge is 2.29. The first-order valence-electron chi connectivity index (χ1n) is 10.2. The molecule has 1 atom stereocenters. The maximum absolute atomic E-state index is 6.42. The molecule has 0 aromatic heterocycles. The van der Waals surface area contributed by atoms with Gasteiger partial charge in [0.2, 0.25) is 0 Å². The zero-order valence-electron chi connectivity index (χ0n) is 17.7. The molecule has 0 aliphatic heterocycles. The average Bonchev–Trinajstić information content (AvgIpc) is 2.69. The summed E-state index contributed by atoms with van der Waals surface area (Å²) in [5.74, 6) is 0.910. The van der Waals surface area contributed by atoms with Crippen LogP contribution in [0.4, 0.5) is 0 Å². The number of hydrogen-bond donors (Lipinski definition) is 0. The molecule has 4 nitrogen and oxygen atoms in total. The SMILES string of the molecule is C=CCc1ccccc1OC(CCN(CCCC)CCCC)[Si](OC)OC. The Morgan fingerprint density at radius 3 is 2.22 bits per heavy atom. The van der Waals surface area contributed by atoms with Crippen LogP contribution in [-0.2, 0) is 15.3 Å². The van der Waals surface area contributed by atoms with Gasteiger partial charge in [0, 0.05) is 20.8 Å². The Morgan fingerprint density at radius 1 is 1.04 bits per heavy atom. The van der Waals surface area contributed by atoms with E-state index in [0.29, 0.717) is 0 Å². The van der Waals surface area contributed by atoms with Crippen LogP contribution < -0.4 is 4.74 Å². The van der Waals surface area contributed by atoms with Gasteiger partial charge in [0.05, 0.1) is 0 Å². The van der Waals surface area contributed by atoms with Gasteiger partial charge in [-0.1, -0.05) is 51.0 Å². The van der Waals surface area contributed by atoms with Gasteiger partial charge >= 0.3 is 9.28 Å². The molecule has 0 bridgehead atoms. The van der Waals surface area contributed by atoms with E-state index in [1.165, 1.54) is 25.7 Å². The van der Waals surface area contributed by atoms with E-state index in [2.05, 4.69) is 31.4 Å². The molecule has 27 heavy (non-hydrogen) atoms. The molecule has 1 aromatic carbocycles. The summed E-state index contributed by atoms with van der Waals surface area (Å²) >= 11 is 0. The molecule has 0 fully saturated rings. The van der Waals surface area contributed by atoms with Crippen molar-refractivity contribution in [1.82, 2.24) is 4.90 Å². The van der Waals surface area contributed by atoms with E-state index < -0.39 is 9.28 Å². The number of para-hydroxylation sites is 1. The summed E-state index contributed by atoms with van der Waals surface area (Å²) in [7, 11) is 1.94. The van der Waals surface area contributed by atoms with Crippen LogP contribution >= 0.6 is 0 Å². The smallest absolute Gasteiger partial charge is 0.429 e. The van der Waals surface area contributed by atoms with E-state index in [9.17, 15) is 0 Å². The molecule has 1 aromatic rings. The maximum atomic E-state index is 6.42. The van der Waals surface area contributed by atoms with E-state index in [0.717, 1.165) is 43.8 Å². The van der Waals surface area contributed by atoms with Crippen LogP contribution in [0.2, 0.25) is 0 Å². The Hall–Kier alpha value is -1.14. The first-order valence-corrected chi connectivity index (χ1v) is 11.6. The lowest BCUT2D eigenvalue weighted by atomic mass is 10.1. The fourth-order valence-electron chi connectivity index (χ4n) is 3.07.